The largest absolute Gasteiger partial charge is 0.352 e. The Hall–Kier alpha value is -2.62. The molecule has 1 unspecified atom stereocenters. The van der Waals surface area contributed by atoms with Gasteiger partial charge in [0.15, 0.2) is 0 Å². The summed E-state index contributed by atoms with van der Waals surface area (Å²) in [6, 6.07) is 14.2. The highest BCUT2D eigenvalue weighted by Crippen LogP contribution is 2.19. The molecule has 0 bridgehead atoms. The molecular weight excluding hydrogens is 334 g/mol. The van der Waals surface area contributed by atoms with Crippen LogP contribution in [0.5, 0.6) is 0 Å². The van der Waals surface area contributed by atoms with Gasteiger partial charge in [-0.25, -0.2) is 4.98 Å². The first-order valence-electron chi connectivity index (χ1n) is 9.79. The van der Waals surface area contributed by atoms with Crippen molar-refractivity contribution in [2.45, 2.75) is 47.1 Å². The second-order valence-electron chi connectivity index (χ2n) is 7.47. The number of nitrogens with one attached hydrogen (secondary N) is 1. The highest BCUT2D eigenvalue weighted by molar-refractivity contribution is 5.95. The highest BCUT2D eigenvalue weighted by Gasteiger charge is 2.14. The van der Waals surface area contributed by atoms with Crippen molar-refractivity contribution < 1.29 is 4.79 Å². The minimum atomic E-state index is -0.0166. The van der Waals surface area contributed by atoms with Crippen molar-refractivity contribution in [3.63, 3.8) is 0 Å². The number of benzene rings is 2. The molecule has 2 aromatic carbocycles. The van der Waals surface area contributed by atoms with Crippen LogP contribution in [0.1, 0.15) is 47.6 Å². The molecule has 4 nitrogen and oxygen atoms in total. The first-order chi connectivity index (χ1) is 13.0. The second-order valence-corrected chi connectivity index (χ2v) is 7.47. The molecule has 0 fully saturated rings. The molecule has 1 N–H and O–H groups in total. The number of hydrogen-bond donors (Lipinski definition) is 1. The fourth-order valence-corrected chi connectivity index (χ4v) is 3.41. The Morgan fingerprint density at radius 3 is 2.70 bits per heavy atom. The topological polar surface area (TPSA) is 46.9 Å². The number of imidazole rings is 1. The summed E-state index contributed by atoms with van der Waals surface area (Å²) in [6.45, 7) is 10.0. The Balaban J connectivity index is 1.72. The first kappa shape index (κ1) is 19.2. The highest BCUT2D eigenvalue weighted by atomic mass is 16.1. The lowest BCUT2D eigenvalue weighted by Crippen LogP contribution is -2.27. The van der Waals surface area contributed by atoms with Gasteiger partial charge in [-0.1, -0.05) is 50.1 Å². The summed E-state index contributed by atoms with van der Waals surface area (Å²) in [4.78, 5) is 17.3. The summed E-state index contributed by atoms with van der Waals surface area (Å²) in [6.07, 6.45) is 1.86. The van der Waals surface area contributed by atoms with Crippen LogP contribution in [0.2, 0.25) is 0 Å². The van der Waals surface area contributed by atoms with Gasteiger partial charge in [0.2, 0.25) is 0 Å². The molecule has 1 amide bonds. The number of para-hydroxylation sites is 2. The molecule has 3 rings (SSSR count). The number of hydrogen-bond acceptors (Lipinski definition) is 2. The van der Waals surface area contributed by atoms with Gasteiger partial charge in [0.1, 0.15) is 5.82 Å². The van der Waals surface area contributed by atoms with Gasteiger partial charge in [-0.05, 0) is 43.5 Å². The van der Waals surface area contributed by atoms with Crippen LogP contribution in [0.15, 0.2) is 42.5 Å². The fraction of sp³-hybridized carbons (Fsp3) is 0.391. The number of amides is 1. The molecule has 0 radical (unpaired) electrons. The number of carbonyl (C=O) groups excluding carboxylic acids is 1. The predicted octanol–water partition coefficient (Wildman–Crippen LogP) is 4.67. The van der Waals surface area contributed by atoms with E-state index in [9.17, 15) is 4.79 Å². The molecule has 1 heterocycles. The van der Waals surface area contributed by atoms with E-state index in [0.717, 1.165) is 41.9 Å². The quantitative estimate of drug-likeness (QED) is 0.663. The SMILES string of the molecule is CCC(C)Cn1c(CCNC(=O)c2ccc(C)cc2C)nc2ccccc21. The van der Waals surface area contributed by atoms with Crippen molar-refractivity contribution in [3.05, 3.63) is 65.0 Å². The third kappa shape index (κ3) is 4.38. The smallest absolute Gasteiger partial charge is 0.251 e. The summed E-state index contributed by atoms with van der Waals surface area (Å²) >= 11 is 0. The van der Waals surface area contributed by atoms with Gasteiger partial charge in [-0.3, -0.25) is 4.79 Å². The monoisotopic (exact) mass is 363 g/mol. The third-order valence-corrected chi connectivity index (χ3v) is 5.19. The molecule has 4 heteroatoms. The zero-order valence-corrected chi connectivity index (χ0v) is 16.7. The van der Waals surface area contributed by atoms with E-state index in [4.69, 9.17) is 4.98 Å². The van der Waals surface area contributed by atoms with Crippen LogP contribution >= 0.6 is 0 Å². The Bertz CT molecular complexity index is 942. The van der Waals surface area contributed by atoms with E-state index in [-0.39, 0.29) is 5.91 Å². The molecule has 27 heavy (non-hydrogen) atoms. The Kier molecular flexibility index (Phi) is 5.94. The lowest BCUT2D eigenvalue weighted by molar-refractivity contribution is 0.0953. The minimum absolute atomic E-state index is 0.0166. The maximum Gasteiger partial charge on any atom is 0.251 e. The summed E-state index contributed by atoms with van der Waals surface area (Å²) < 4.78 is 2.31. The zero-order valence-electron chi connectivity index (χ0n) is 16.7. The summed E-state index contributed by atoms with van der Waals surface area (Å²) in [5.74, 6) is 1.61. The van der Waals surface area contributed by atoms with Crippen LogP contribution in [-0.4, -0.2) is 22.0 Å². The molecule has 1 atom stereocenters. The van der Waals surface area contributed by atoms with E-state index in [0.29, 0.717) is 12.5 Å². The van der Waals surface area contributed by atoms with Crippen molar-refractivity contribution >= 4 is 16.9 Å². The van der Waals surface area contributed by atoms with Crippen LogP contribution in [0.4, 0.5) is 0 Å². The third-order valence-electron chi connectivity index (χ3n) is 5.19. The molecule has 0 aliphatic heterocycles. The predicted molar refractivity (Wildman–Crippen MR) is 111 cm³/mol. The minimum Gasteiger partial charge on any atom is -0.352 e. The summed E-state index contributed by atoms with van der Waals surface area (Å²) in [5, 5.41) is 3.05. The van der Waals surface area contributed by atoms with Crippen LogP contribution < -0.4 is 5.32 Å². The molecular formula is C23H29N3O. The molecule has 0 aliphatic rings. The zero-order chi connectivity index (χ0) is 19.4. The number of aryl methyl sites for hydroxylation is 2. The molecule has 3 aromatic rings. The van der Waals surface area contributed by atoms with E-state index >= 15 is 0 Å². The average Bonchev–Trinajstić information content (AvgIpc) is 2.99. The van der Waals surface area contributed by atoms with E-state index in [1.807, 2.05) is 38.1 Å². The van der Waals surface area contributed by atoms with Gasteiger partial charge in [-0.2, -0.15) is 0 Å². The molecule has 142 valence electrons. The van der Waals surface area contributed by atoms with E-state index in [2.05, 4.69) is 41.9 Å². The number of carbonyl (C=O) groups is 1. The molecule has 0 spiro atoms. The van der Waals surface area contributed by atoms with E-state index in [1.165, 1.54) is 11.1 Å². The van der Waals surface area contributed by atoms with E-state index < -0.39 is 0 Å². The molecule has 0 saturated carbocycles. The van der Waals surface area contributed by atoms with Gasteiger partial charge in [0, 0.05) is 25.1 Å². The van der Waals surface area contributed by atoms with Gasteiger partial charge >= 0.3 is 0 Å². The van der Waals surface area contributed by atoms with Crippen molar-refractivity contribution in [2.24, 2.45) is 5.92 Å². The summed E-state index contributed by atoms with van der Waals surface area (Å²) in [5.41, 5.74) is 5.12. The number of rotatable bonds is 7. The number of nitrogens with zero attached hydrogens (tertiary/aromatic N) is 2. The molecule has 1 aromatic heterocycles. The van der Waals surface area contributed by atoms with Gasteiger partial charge in [0.25, 0.3) is 5.91 Å². The van der Waals surface area contributed by atoms with Crippen LogP contribution in [0, 0.1) is 19.8 Å². The van der Waals surface area contributed by atoms with Crippen molar-refractivity contribution in [3.8, 4) is 0 Å². The molecule has 0 aliphatic carbocycles. The standard InChI is InChI=1S/C23H29N3O/c1-5-16(2)15-26-21-9-7-6-8-20(21)25-22(26)12-13-24-23(27)19-11-10-17(3)14-18(19)4/h6-11,14,16H,5,12-13,15H2,1-4H3,(H,24,27). The normalized spacial score (nSPS) is 12.3. The second kappa shape index (κ2) is 8.38. The Morgan fingerprint density at radius 1 is 1.19 bits per heavy atom. The van der Waals surface area contributed by atoms with Gasteiger partial charge < -0.3 is 9.88 Å². The maximum absolute atomic E-state index is 12.5. The summed E-state index contributed by atoms with van der Waals surface area (Å²) in [7, 11) is 0. The van der Waals surface area contributed by atoms with Crippen LogP contribution in [0.3, 0.4) is 0 Å². The fourth-order valence-electron chi connectivity index (χ4n) is 3.41. The van der Waals surface area contributed by atoms with Crippen molar-refractivity contribution in [2.75, 3.05) is 6.54 Å². The maximum atomic E-state index is 12.5. The first-order valence-corrected chi connectivity index (χ1v) is 9.79. The van der Waals surface area contributed by atoms with E-state index in [1.54, 1.807) is 0 Å². The van der Waals surface area contributed by atoms with Crippen molar-refractivity contribution in [1.82, 2.24) is 14.9 Å². The molecule has 0 saturated heterocycles. The lowest BCUT2D eigenvalue weighted by atomic mass is 10.1. The lowest BCUT2D eigenvalue weighted by Gasteiger charge is -2.14. The average molecular weight is 364 g/mol. The Labute approximate surface area is 161 Å². The Morgan fingerprint density at radius 2 is 1.96 bits per heavy atom. The van der Waals surface area contributed by atoms with Gasteiger partial charge in [-0.15, -0.1) is 0 Å². The number of fused-ring (bicyclic) bond motifs is 1. The van der Waals surface area contributed by atoms with Crippen LogP contribution in [-0.2, 0) is 13.0 Å². The van der Waals surface area contributed by atoms with Gasteiger partial charge in [0.05, 0.1) is 11.0 Å². The van der Waals surface area contributed by atoms with Crippen LogP contribution in [0.25, 0.3) is 11.0 Å². The number of aromatic nitrogens is 2. The van der Waals surface area contributed by atoms with Crippen molar-refractivity contribution in [1.29, 1.82) is 0 Å².